The molecule has 39 heavy (non-hydrogen) atoms. The molecular formula is C30H34ClN5O3. The maximum absolute atomic E-state index is 12.0. The number of hydrogen-bond acceptors (Lipinski definition) is 5. The summed E-state index contributed by atoms with van der Waals surface area (Å²) in [5, 5.41) is 32.4. The highest BCUT2D eigenvalue weighted by atomic mass is 35.5. The van der Waals surface area contributed by atoms with E-state index in [0.717, 1.165) is 60.6 Å². The van der Waals surface area contributed by atoms with Crippen molar-refractivity contribution in [1.82, 2.24) is 4.40 Å². The minimum absolute atomic E-state index is 0. The SMILES string of the molecule is O=[N+]([O-])c1ccccc1/C(=N/O)c1n2ccc3ccccc3c2c(NC2CCCCC2)[n+]1C1CCCCC1.[Cl-]. The molecule has 2 aromatic carbocycles. The van der Waals surface area contributed by atoms with Gasteiger partial charge >= 0.3 is 0 Å². The molecule has 0 unspecified atom stereocenters. The number of nitrogens with zero attached hydrogens (tertiary/aromatic N) is 4. The number of nitrogens with one attached hydrogen (secondary N) is 1. The predicted octanol–water partition coefficient (Wildman–Crippen LogP) is 3.77. The van der Waals surface area contributed by atoms with Crippen molar-refractivity contribution in [1.29, 1.82) is 0 Å². The lowest BCUT2D eigenvalue weighted by Gasteiger charge is -2.25. The number of nitro groups is 1. The van der Waals surface area contributed by atoms with Crippen LogP contribution >= 0.6 is 0 Å². The van der Waals surface area contributed by atoms with E-state index in [4.69, 9.17) is 0 Å². The Morgan fingerprint density at radius 3 is 2.33 bits per heavy atom. The van der Waals surface area contributed by atoms with E-state index in [1.54, 1.807) is 18.2 Å². The van der Waals surface area contributed by atoms with Crippen LogP contribution in [-0.2, 0) is 0 Å². The summed E-state index contributed by atoms with van der Waals surface area (Å²) < 4.78 is 4.38. The molecule has 2 fully saturated rings. The summed E-state index contributed by atoms with van der Waals surface area (Å²) in [5.41, 5.74) is 1.47. The Morgan fingerprint density at radius 1 is 0.949 bits per heavy atom. The Morgan fingerprint density at radius 2 is 1.62 bits per heavy atom. The minimum atomic E-state index is -0.405. The summed E-state index contributed by atoms with van der Waals surface area (Å²) in [6.45, 7) is 0. The summed E-state index contributed by atoms with van der Waals surface area (Å²) in [6, 6.07) is 17.5. The zero-order valence-corrected chi connectivity index (χ0v) is 22.7. The second kappa shape index (κ2) is 11.6. The number of imidazole rings is 1. The van der Waals surface area contributed by atoms with Crippen LogP contribution in [0, 0.1) is 10.1 Å². The lowest BCUT2D eigenvalue weighted by Crippen LogP contribution is -3.00. The van der Waals surface area contributed by atoms with Crippen LogP contribution in [0.15, 0.2) is 65.9 Å². The van der Waals surface area contributed by atoms with Gasteiger partial charge in [-0.15, -0.1) is 0 Å². The van der Waals surface area contributed by atoms with Gasteiger partial charge in [0.2, 0.25) is 0 Å². The summed E-state index contributed by atoms with van der Waals surface area (Å²) in [6.07, 6.45) is 13.4. The molecule has 0 saturated heterocycles. The molecule has 2 aliphatic carbocycles. The molecular weight excluding hydrogens is 514 g/mol. The molecule has 4 aromatic rings. The number of pyridine rings is 1. The number of nitro benzene ring substituents is 1. The maximum atomic E-state index is 12.0. The quantitative estimate of drug-likeness (QED) is 0.126. The van der Waals surface area contributed by atoms with Crippen LogP contribution in [0.3, 0.4) is 0 Å². The Hall–Kier alpha value is -3.65. The van der Waals surface area contributed by atoms with Crippen LogP contribution in [0.4, 0.5) is 11.5 Å². The highest BCUT2D eigenvalue weighted by Crippen LogP contribution is 2.35. The lowest BCUT2D eigenvalue weighted by atomic mass is 9.94. The zero-order valence-electron chi connectivity index (χ0n) is 21.9. The maximum Gasteiger partial charge on any atom is 0.279 e. The fourth-order valence-corrected chi connectivity index (χ4v) is 6.52. The number of anilines is 1. The van der Waals surface area contributed by atoms with Crippen molar-refractivity contribution in [2.45, 2.75) is 76.3 Å². The molecule has 0 radical (unpaired) electrons. The number of halogens is 1. The molecule has 2 saturated carbocycles. The molecule has 8 nitrogen and oxygen atoms in total. The molecule has 0 aliphatic heterocycles. The van der Waals surface area contributed by atoms with Gasteiger partial charge in [0.1, 0.15) is 0 Å². The molecule has 0 atom stereocenters. The Bertz CT molecular complexity index is 1520. The van der Waals surface area contributed by atoms with E-state index in [2.05, 4.69) is 37.6 Å². The van der Waals surface area contributed by atoms with E-state index >= 15 is 0 Å². The second-order valence-electron chi connectivity index (χ2n) is 10.7. The van der Waals surface area contributed by atoms with Gasteiger partial charge in [0.05, 0.1) is 28.8 Å². The van der Waals surface area contributed by atoms with E-state index in [-0.39, 0.29) is 29.8 Å². The van der Waals surface area contributed by atoms with Crippen molar-refractivity contribution in [3.05, 3.63) is 82.3 Å². The van der Waals surface area contributed by atoms with Crippen molar-refractivity contribution in [3.63, 3.8) is 0 Å². The van der Waals surface area contributed by atoms with E-state index in [0.29, 0.717) is 17.4 Å². The van der Waals surface area contributed by atoms with Crippen LogP contribution in [0.2, 0.25) is 0 Å². The minimum Gasteiger partial charge on any atom is -1.00 e. The number of hydrogen-bond donors (Lipinski definition) is 2. The van der Waals surface area contributed by atoms with Crippen LogP contribution in [-0.4, -0.2) is 26.3 Å². The zero-order chi connectivity index (χ0) is 26.1. The van der Waals surface area contributed by atoms with Gasteiger partial charge in [-0.25, -0.2) is 8.97 Å². The fourth-order valence-electron chi connectivity index (χ4n) is 6.52. The van der Waals surface area contributed by atoms with Crippen molar-refractivity contribution >= 4 is 33.5 Å². The number of fused-ring (bicyclic) bond motifs is 3. The van der Waals surface area contributed by atoms with E-state index < -0.39 is 4.92 Å². The van der Waals surface area contributed by atoms with E-state index in [9.17, 15) is 15.3 Å². The van der Waals surface area contributed by atoms with Crippen molar-refractivity contribution in [2.24, 2.45) is 5.16 Å². The first kappa shape index (κ1) is 26.9. The van der Waals surface area contributed by atoms with Crippen LogP contribution in [0.25, 0.3) is 16.3 Å². The lowest BCUT2D eigenvalue weighted by molar-refractivity contribution is -0.712. The summed E-state index contributed by atoms with van der Waals surface area (Å²) in [7, 11) is 0. The van der Waals surface area contributed by atoms with Crippen molar-refractivity contribution < 1.29 is 27.1 Å². The number of benzene rings is 2. The first-order valence-electron chi connectivity index (χ1n) is 13.9. The topological polar surface area (TPSA) is 96.0 Å². The van der Waals surface area contributed by atoms with Gasteiger partial charge in [-0.05, 0) is 56.0 Å². The fraction of sp³-hybridized carbons (Fsp3) is 0.400. The van der Waals surface area contributed by atoms with E-state index in [1.807, 2.05) is 18.3 Å². The Labute approximate surface area is 233 Å². The normalized spacial score (nSPS) is 17.3. The average Bonchev–Trinajstić information content (AvgIpc) is 3.28. The number of oxime groups is 1. The molecule has 2 aliphatic rings. The monoisotopic (exact) mass is 547 g/mol. The number of aromatic nitrogens is 2. The third-order valence-electron chi connectivity index (χ3n) is 8.34. The first-order valence-corrected chi connectivity index (χ1v) is 13.9. The standard InChI is InChI=1S/C30H33N5O3.ClH/c36-32-27(25-17-9-10-18-26(25)35(37)38)30-33-20-19-21-11-7-8-16-24(21)28(33)29(31-22-12-3-1-4-13-22)34(30)23-14-5-2-6-15-23;/h7-11,16-20,22-23,31H,1-6,12-15H2;1H. The van der Waals surface area contributed by atoms with Crippen molar-refractivity contribution in [2.75, 3.05) is 5.32 Å². The van der Waals surface area contributed by atoms with Gasteiger partial charge in [0.15, 0.2) is 11.2 Å². The molecule has 0 amide bonds. The average molecular weight is 548 g/mol. The molecule has 2 N–H and O–H groups in total. The van der Waals surface area contributed by atoms with Crippen LogP contribution < -0.4 is 22.3 Å². The van der Waals surface area contributed by atoms with Crippen LogP contribution in [0.5, 0.6) is 0 Å². The smallest absolute Gasteiger partial charge is 0.279 e. The number of para-hydroxylation sites is 1. The highest BCUT2D eigenvalue weighted by Gasteiger charge is 2.38. The van der Waals surface area contributed by atoms with Crippen LogP contribution in [0.1, 0.15) is 81.6 Å². The molecule has 2 heterocycles. The molecule has 204 valence electrons. The molecule has 6 rings (SSSR count). The highest BCUT2D eigenvalue weighted by molar-refractivity contribution is 6.13. The summed E-state index contributed by atoms with van der Waals surface area (Å²) in [5.74, 6) is 1.70. The van der Waals surface area contributed by atoms with Gasteiger partial charge in [0, 0.05) is 11.5 Å². The van der Waals surface area contributed by atoms with Gasteiger partial charge < -0.3 is 17.6 Å². The Balaban J connectivity index is 0.00000308. The third-order valence-corrected chi connectivity index (χ3v) is 8.34. The number of rotatable bonds is 6. The Kier molecular flexibility index (Phi) is 8.02. The van der Waals surface area contributed by atoms with Gasteiger partial charge in [-0.2, -0.15) is 0 Å². The van der Waals surface area contributed by atoms with Gasteiger partial charge in [0.25, 0.3) is 17.3 Å². The summed E-state index contributed by atoms with van der Waals surface area (Å²) in [4.78, 5) is 11.6. The van der Waals surface area contributed by atoms with Crippen molar-refractivity contribution in [3.8, 4) is 0 Å². The van der Waals surface area contributed by atoms with E-state index in [1.165, 1.54) is 31.7 Å². The molecule has 2 aromatic heterocycles. The molecule has 9 heteroatoms. The third kappa shape index (κ3) is 4.93. The first-order chi connectivity index (χ1) is 18.7. The second-order valence-corrected chi connectivity index (χ2v) is 10.7. The molecule has 0 bridgehead atoms. The predicted molar refractivity (Wildman–Crippen MR) is 148 cm³/mol. The largest absolute Gasteiger partial charge is 1.00 e. The molecule has 0 spiro atoms. The van der Waals surface area contributed by atoms with Gasteiger partial charge in [-0.3, -0.25) is 15.4 Å². The van der Waals surface area contributed by atoms with Gasteiger partial charge in [-0.1, -0.05) is 67.2 Å². The summed E-state index contributed by atoms with van der Waals surface area (Å²) >= 11 is 0.